The molecule has 1 heterocycles. The molecule has 0 aliphatic heterocycles. The molecule has 27 heavy (non-hydrogen) atoms. The Labute approximate surface area is 169 Å². The first-order valence-electron chi connectivity index (χ1n) is 8.19. The van der Waals surface area contributed by atoms with Crippen molar-refractivity contribution in [1.29, 1.82) is 0 Å². The van der Waals surface area contributed by atoms with Crippen molar-refractivity contribution in [2.24, 2.45) is 0 Å². The summed E-state index contributed by atoms with van der Waals surface area (Å²) in [4.78, 5) is 24.6. The molecule has 0 fully saturated rings. The van der Waals surface area contributed by atoms with Crippen molar-refractivity contribution in [3.8, 4) is 0 Å². The Bertz CT molecular complexity index is 860. The lowest BCUT2D eigenvalue weighted by atomic mass is 10.0. The predicted octanol–water partition coefficient (Wildman–Crippen LogP) is 4.08. The number of ether oxygens (including phenoxy) is 1. The first-order valence-corrected chi connectivity index (χ1v) is 9.80. The minimum absolute atomic E-state index is 0.192. The van der Waals surface area contributed by atoms with Gasteiger partial charge in [0.05, 0.1) is 8.66 Å². The van der Waals surface area contributed by atoms with Crippen LogP contribution in [-0.4, -0.2) is 18.4 Å². The van der Waals surface area contributed by atoms with Crippen molar-refractivity contribution < 1.29 is 14.3 Å². The SMILES string of the molecule is O=C(COC(c1ccccc1)c1ccccc1)NNC(=O)c1ccc(Br)s1. The fourth-order valence-corrected chi connectivity index (χ4v) is 3.74. The predicted molar refractivity (Wildman–Crippen MR) is 108 cm³/mol. The van der Waals surface area contributed by atoms with Crippen LogP contribution in [0.5, 0.6) is 0 Å². The standard InChI is InChI=1S/C20H17BrN2O3S/c21-17-12-11-16(27-17)20(25)23-22-18(24)13-26-19(14-7-3-1-4-8-14)15-9-5-2-6-10-15/h1-12,19H,13H2,(H,22,24)(H,23,25). The first-order chi connectivity index (χ1) is 13.1. The summed E-state index contributed by atoms with van der Waals surface area (Å²) in [6.07, 6.45) is -0.373. The molecule has 2 amide bonds. The Morgan fingerprint density at radius 2 is 1.48 bits per heavy atom. The number of hydrazine groups is 1. The number of hydrogen-bond acceptors (Lipinski definition) is 4. The van der Waals surface area contributed by atoms with E-state index in [2.05, 4.69) is 26.8 Å². The monoisotopic (exact) mass is 444 g/mol. The lowest BCUT2D eigenvalue weighted by Gasteiger charge is -2.18. The number of benzene rings is 2. The fourth-order valence-electron chi connectivity index (χ4n) is 2.46. The highest BCUT2D eigenvalue weighted by atomic mass is 79.9. The van der Waals surface area contributed by atoms with Crippen LogP contribution in [0.15, 0.2) is 76.6 Å². The van der Waals surface area contributed by atoms with Crippen LogP contribution in [0.25, 0.3) is 0 Å². The summed E-state index contributed by atoms with van der Waals surface area (Å²) in [6.45, 7) is -0.192. The molecule has 138 valence electrons. The van der Waals surface area contributed by atoms with E-state index in [1.165, 1.54) is 11.3 Å². The molecule has 0 radical (unpaired) electrons. The van der Waals surface area contributed by atoms with E-state index in [-0.39, 0.29) is 18.6 Å². The summed E-state index contributed by atoms with van der Waals surface area (Å²) in [7, 11) is 0. The molecule has 5 nitrogen and oxygen atoms in total. The number of amides is 2. The molecule has 0 unspecified atom stereocenters. The van der Waals surface area contributed by atoms with Crippen LogP contribution in [0, 0.1) is 0 Å². The Kier molecular flexibility index (Phi) is 6.75. The molecule has 3 aromatic rings. The number of rotatable bonds is 6. The maximum Gasteiger partial charge on any atom is 0.279 e. The summed E-state index contributed by atoms with van der Waals surface area (Å²) in [5.74, 6) is -0.808. The van der Waals surface area contributed by atoms with Gasteiger partial charge >= 0.3 is 0 Å². The summed E-state index contributed by atoms with van der Waals surface area (Å²) in [6, 6.07) is 22.8. The molecule has 0 bridgehead atoms. The number of hydrogen-bond donors (Lipinski definition) is 2. The Balaban J connectivity index is 1.58. The van der Waals surface area contributed by atoms with Crippen LogP contribution < -0.4 is 10.9 Å². The maximum absolute atomic E-state index is 12.1. The second-order valence-corrected chi connectivity index (χ2v) is 8.08. The van der Waals surface area contributed by atoms with Crippen molar-refractivity contribution in [3.63, 3.8) is 0 Å². The average Bonchev–Trinajstić information content (AvgIpc) is 3.14. The topological polar surface area (TPSA) is 67.4 Å². The summed E-state index contributed by atoms with van der Waals surface area (Å²) >= 11 is 4.58. The van der Waals surface area contributed by atoms with Crippen molar-refractivity contribution in [1.82, 2.24) is 10.9 Å². The van der Waals surface area contributed by atoms with E-state index in [1.807, 2.05) is 60.7 Å². The largest absolute Gasteiger partial charge is 0.359 e. The van der Waals surface area contributed by atoms with Crippen LogP contribution >= 0.6 is 27.3 Å². The number of carbonyl (C=O) groups is 2. The van der Waals surface area contributed by atoms with Gasteiger partial charge in [0.25, 0.3) is 11.8 Å². The third-order valence-electron chi connectivity index (χ3n) is 3.70. The molecule has 0 aliphatic rings. The molecule has 0 atom stereocenters. The van der Waals surface area contributed by atoms with E-state index >= 15 is 0 Å². The van der Waals surface area contributed by atoms with Crippen LogP contribution in [-0.2, 0) is 9.53 Å². The molecule has 0 saturated heterocycles. The summed E-state index contributed by atoms with van der Waals surface area (Å²) in [5, 5.41) is 0. The maximum atomic E-state index is 12.1. The Morgan fingerprint density at radius 1 is 0.889 bits per heavy atom. The molecule has 7 heteroatoms. The van der Waals surface area contributed by atoms with E-state index in [1.54, 1.807) is 12.1 Å². The zero-order valence-corrected chi connectivity index (χ0v) is 16.6. The van der Waals surface area contributed by atoms with E-state index in [0.29, 0.717) is 4.88 Å². The smallest absolute Gasteiger partial charge is 0.279 e. The molecule has 2 N–H and O–H groups in total. The lowest BCUT2D eigenvalue weighted by molar-refractivity contribution is -0.127. The minimum atomic E-state index is -0.434. The second kappa shape index (κ2) is 9.45. The fraction of sp³-hybridized carbons (Fsp3) is 0.100. The zero-order valence-electron chi connectivity index (χ0n) is 14.2. The van der Waals surface area contributed by atoms with E-state index in [9.17, 15) is 9.59 Å². The Hall–Kier alpha value is -2.48. The Morgan fingerprint density at radius 3 is 2.00 bits per heavy atom. The van der Waals surface area contributed by atoms with Gasteiger partial charge in [-0.3, -0.25) is 20.4 Å². The van der Waals surface area contributed by atoms with Gasteiger partial charge in [0.2, 0.25) is 0 Å². The van der Waals surface area contributed by atoms with Crippen molar-refractivity contribution in [3.05, 3.63) is 92.6 Å². The molecule has 0 spiro atoms. The van der Waals surface area contributed by atoms with Gasteiger partial charge in [0.1, 0.15) is 12.7 Å². The van der Waals surface area contributed by atoms with Gasteiger partial charge < -0.3 is 4.74 Å². The number of halogens is 1. The minimum Gasteiger partial charge on any atom is -0.359 e. The quantitative estimate of drug-likeness (QED) is 0.562. The molecule has 3 rings (SSSR count). The van der Waals surface area contributed by atoms with Gasteiger partial charge in [-0.2, -0.15) is 0 Å². The average molecular weight is 445 g/mol. The van der Waals surface area contributed by atoms with Gasteiger partial charge in [0.15, 0.2) is 0 Å². The molecular formula is C20H17BrN2O3S. The van der Waals surface area contributed by atoms with Gasteiger partial charge in [-0.05, 0) is 39.2 Å². The zero-order chi connectivity index (χ0) is 19.1. The number of nitrogens with one attached hydrogen (secondary N) is 2. The van der Waals surface area contributed by atoms with Gasteiger partial charge in [-0.25, -0.2) is 0 Å². The number of thiophene rings is 1. The third kappa shape index (κ3) is 5.50. The molecule has 2 aromatic carbocycles. The first kappa shape index (κ1) is 19.3. The highest BCUT2D eigenvalue weighted by Gasteiger charge is 2.16. The normalized spacial score (nSPS) is 10.6. The molecule has 1 aromatic heterocycles. The third-order valence-corrected chi connectivity index (χ3v) is 5.32. The van der Waals surface area contributed by atoms with E-state index in [4.69, 9.17) is 4.74 Å². The molecule has 0 aliphatic carbocycles. The van der Waals surface area contributed by atoms with Gasteiger partial charge in [0, 0.05) is 0 Å². The number of carbonyl (C=O) groups excluding carboxylic acids is 2. The van der Waals surface area contributed by atoms with Crippen LogP contribution in [0.3, 0.4) is 0 Å². The second-order valence-electron chi connectivity index (χ2n) is 5.62. The van der Waals surface area contributed by atoms with E-state index in [0.717, 1.165) is 14.9 Å². The molecular weight excluding hydrogens is 428 g/mol. The van der Waals surface area contributed by atoms with Crippen molar-refractivity contribution >= 4 is 39.1 Å². The van der Waals surface area contributed by atoms with Gasteiger partial charge in [-0.15, -0.1) is 11.3 Å². The van der Waals surface area contributed by atoms with Gasteiger partial charge in [-0.1, -0.05) is 60.7 Å². The summed E-state index contributed by atoms with van der Waals surface area (Å²) in [5.41, 5.74) is 6.66. The van der Waals surface area contributed by atoms with Crippen LogP contribution in [0.2, 0.25) is 0 Å². The highest BCUT2D eigenvalue weighted by molar-refractivity contribution is 9.11. The summed E-state index contributed by atoms with van der Waals surface area (Å²) < 4.78 is 6.69. The van der Waals surface area contributed by atoms with Crippen molar-refractivity contribution in [2.45, 2.75) is 6.10 Å². The van der Waals surface area contributed by atoms with E-state index < -0.39 is 5.91 Å². The lowest BCUT2D eigenvalue weighted by Crippen LogP contribution is -2.43. The van der Waals surface area contributed by atoms with Crippen LogP contribution in [0.1, 0.15) is 26.9 Å². The molecule has 0 saturated carbocycles. The highest BCUT2D eigenvalue weighted by Crippen LogP contribution is 2.25. The van der Waals surface area contributed by atoms with Crippen LogP contribution in [0.4, 0.5) is 0 Å². The van der Waals surface area contributed by atoms with Crippen molar-refractivity contribution in [2.75, 3.05) is 6.61 Å².